The normalized spacial score (nSPS) is 22.2. The van der Waals surface area contributed by atoms with Gasteiger partial charge in [0.25, 0.3) is 0 Å². The van der Waals surface area contributed by atoms with E-state index in [1.165, 1.54) is 6.07 Å². The molecule has 0 spiro atoms. The third kappa shape index (κ3) is 3.16. The number of rotatable bonds is 4. The molecule has 2 rings (SSSR count). The monoisotopic (exact) mass is 289 g/mol. The molecule has 18 heavy (non-hydrogen) atoms. The molecule has 2 N–H and O–H groups in total. The van der Waals surface area contributed by atoms with Crippen molar-refractivity contribution in [1.82, 2.24) is 5.32 Å². The summed E-state index contributed by atoms with van der Waals surface area (Å²) in [7, 11) is -2.88. The van der Waals surface area contributed by atoms with Crippen molar-refractivity contribution in [2.24, 2.45) is 0 Å². The van der Waals surface area contributed by atoms with E-state index < -0.39 is 9.84 Å². The fourth-order valence-electron chi connectivity index (χ4n) is 2.13. The van der Waals surface area contributed by atoms with Gasteiger partial charge in [0, 0.05) is 13.1 Å². The fraction of sp³-hybridized carbons (Fsp3) is 0.500. The quantitative estimate of drug-likeness (QED) is 0.886. The van der Waals surface area contributed by atoms with Crippen molar-refractivity contribution in [2.75, 3.05) is 12.3 Å². The molecule has 1 aliphatic rings. The summed E-state index contributed by atoms with van der Waals surface area (Å²) < 4.78 is 23.2. The van der Waals surface area contributed by atoms with E-state index in [1.54, 1.807) is 12.1 Å². The predicted molar refractivity (Wildman–Crippen MR) is 71.6 cm³/mol. The summed E-state index contributed by atoms with van der Waals surface area (Å²) in [5, 5.41) is 12.5. The maximum atomic E-state index is 11.6. The highest BCUT2D eigenvalue weighted by molar-refractivity contribution is 7.92. The summed E-state index contributed by atoms with van der Waals surface area (Å²) in [5.74, 6) is 0.364. The van der Waals surface area contributed by atoms with E-state index in [2.05, 4.69) is 5.32 Å². The highest BCUT2D eigenvalue weighted by atomic mass is 35.5. The van der Waals surface area contributed by atoms with Gasteiger partial charge in [-0.05, 0) is 30.5 Å². The van der Waals surface area contributed by atoms with Gasteiger partial charge in [-0.25, -0.2) is 8.42 Å². The molecule has 0 aliphatic carbocycles. The van der Waals surface area contributed by atoms with Crippen molar-refractivity contribution >= 4 is 21.4 Å². The van der Waals surface area contributed by atoms with Crippen LogP contribution in [0.2, 0.25) is 5.02 Å². The average molecular weight is 290 g/mol. The van der Waals surface area contributed by atoms with Gasteiger partial charge in [0.05, 0.1) is 16.0 Å². The zero-order valence-corrected chi connectivity index (χ0v) is 11.5. The van der Waals surface area contributed by atoms with E-state index >= 15 is 0 Å². The summed E-state index contributed by atoms with van der Waals surface area (Å²) in [5.41, 5.74) is 0.924. The number of sulfone groups is 1. The van der Waals surface area contributed by atoms with Crippen LogP contribution in [0.5, 0.6) is 5.75 Å². The first-order chi connectivity index (χ1) is 8.49. The first-order valence-corrected chi connectivity index (χ1v) is 7.98. The summed E-state index contributed by atoms with van der Waals surface area (Å²) in [4.78, 5) is 0. The molecule has 0 bridgehead atoms. The SMILES string of the molecule is O=S1(=O)CCCC1CNCc1ccc(O)c(Cl)c1. The van der Waals surface area contributed by atoms with Gasteiger partial charge in [-0.3, -0.25) is 0 Å². The number of aromatic hydroxyl groups is 1. The molecule has 1 saturated heterocycles. The van der Waals surface area contributed by atoms with Crippen LogP contribution < -0.4 is 5.32 Å². The van der Waals surface area contributed by atoms with Crippen LogP contribution in [-0.2, 0) is 16.4 Å². The van der Waals surface area contributed by atoms with E-state index in [9.17, 15) is 13.5 Å². The molecule has 0 amide bonds. The maximum Gasteiger partial charge on any atom is 0.154 e. The minimum Gasteiger partial charge on any atom is -0.506 e. The molecule has 1 aliphatic heterocycles. The molecule has 1 aromatic carbocycles. The standard InChI is InChI=1S/C12H16ClNO3S/c13-11-6-9(3-4-12(11)15)7-14-8-10-2-1-5-18(10,16)17/h3-4,6,10,14-15H,1-2,5,7-8H2. The number of phenols is 1. The van der Waals surface area contributed by atoms with Crippen molar-refractivity contribution < 1.29 is 13.5 Å². The Morgan fingerprint density at radius 3 is 2.83 bits per heavy atom. The first-order valence-electron chi connectivity index (χ1n) is 5.89. The number of hydrogen-bond donors (Lipinski definition) is 2. The lowest BCUT2D eigenvalue weighted by molar-refractivity contribution is 0.475. The van der Waals surface area contributed by atoms with Gasteiger partial charge in [-0.1, -0.05) is 17.7 Å². The average Bonchev–Trinajstić information content (AvgIpc) is 2.63. The van der Waals surface area contributed by atoms with Crippen molar-refractivity contribution in [1.29, 1.82) is 0 Å². The highest BCUT2D eigenvalue weighted by Crippen LogP contribution is 2.23. The van der Waals surface area contributed by atoms with Crippen LogP contribution in [0.1, 0.15) is 18.4 Å². The zero-order chi connectivity index (χ0) is 13.2. The summed E-state index contributed by atoms with van der Waals surface area (Å²) >= 11 is 5.79. The van der Waals surface area contributed by atoms with E-state index in [0.717, 1.165) is 18.4 Å². The molecule has 4 nitrogen and oxygen atoms in total. The second kappa shape index (κ2) is 5.47. The van der Waals surface area contributed by atoms with E-state index in [4.69, 9.17) is 11.6 Å². The Morgan fingerprint density at radius 1 is 1.44 bits per heavy atom. The van der Waals surface area contributed by atoms with Crippen LogP contribution in [0.3, 0.4) is 0 Å². The second-order valence-electron chi connectivity index (χ2n) is 4.55. The Labute approximate surface area is 112 Å². The molecule has 0 saturated carbocycles. The minimum absolute atomic E-state index is 0.0544. The van der Waals surface area contributed by atoms with Crippen molar-refractivity contribution in [3.05, 3.63) is 28.8 Å². The molecule has 1 heterocycles. The van der Waals surface area contributed by atoms with E-state index in [0.29, 0.717) is 23.9 Å². The van der Waals surface area contributed by atoms with Crippen molar-refractivity contribution in [3.63, 3.8) is 0 Å². The second-order valence-corrected chi connectivity index (χ2v) is 7.36. The maximum absolute atomic E-state index is 11.6. The highest BCUT2D eigenvalue weighted by Gasteiger charge is 2.30. The lowest BCUT2D eigenvalue weighted by Crippen LogP contribution is -2.30. The van der Waals surface area contributed by atoms with Gasteiger partial charge >= 0.3 is 0 Å². The van der Waals surface area contributed by atoms with Gasteiger partial charge in [0.2, 0.25) is 0 Å². The van der Waals surface area contributed by atoms with Gasteiger partial charge < -0.3 is 10.4 Å². The molecule has 6 heteroatoms. The molecule has 100 valence electrons. The lowest BCUT2D eigenvalue weighted by Gasteiger charge is -2.11. The van der Waals surface area contributed by atoms with Gasteiger partial charge in [0.15, 0.2) is 9.84 Å². The lowest BCUT2D eigenvalue weighted by atomic mass is 10.2. The smallest absolute Gasteiger partial charge is 0.154 e. The summed E-state index contributed by atoms with van der Waals surface area (Å²) in [6, 6.07) is 4.97. The molecule has 1 unspecified atom stereocenters. The number of halogens is 1. The van der Waals surface area contributed by atoms with E-state index in [-0.39, 0.29) is 11.0 Å². The number of hydrogen-bond acceptors (Lipinski definition) is 4. The third-order valence-electron chi connectivity index (χ3n) is 3.18. The van der Waals surface area contributed by atoms with Crippen LogP contribution >= 0.6 is 11.6 Å². The number of phenolic OH excluding ortho intramolecular Hbond substituents is 1. The third-order valence-corrected chi connectivity index (χ3v) is 5.75. The minimum atomic E-state index is -2.88. The molecule has 0 radical (unpaired) electrons. The fourth-order valence-corrected chi connectivity index (χ4v) is 4.13. The van der Waals surface area contributed by atoms with Crippen LogP contribution in [0.4, 0.5) is 0 Å². The zero-order valence-electron chi connectivity index (χ0n) is 9.89. The molecular formula is C12H16ClNO3S. The van der Waals surface area contributed by atoms with Gasteiger partial charge in [-0.2, -0.15) is 0 Å². The van der Waals surface area contributed by atoms with Crippen LogP contribution in [0, 0.1) is 0 Å². The summed E-state index contributed by atoms with van der Waals surface area (Å²) in [6.45, 7) is 1.02. The molecule has 1 fully saturated rings. The molecule has 1 atom stereocenters. The Balaban J connectivity index is 1.87. The van der Waals surface area contributed by atoms with Crippen LogP contribution in [0.25, 0.3) is 0 Å². The largest absolute Gasteiger partial charge is 0.506 e. The molecular weight excluding hydrogens is 274 g/mol. The Bertz CT molecular complexity index is 530. The topological polar surface area (TPSA) is 66.4 Å². The Kier molecular flexibility index (Phi) is 4.14. The molecule has 0 aromatic heterocycles. The summed E-state index contributed by atoms with van der Waals surface area (Å²) in [6.07, 6.45) is 1.51. The molecule has 1 aromatic rings. The van der Waals surface area contributed by atoms with Crippen LogP contribution in [0.15, 0.2) is 18.2 Å². The predicted octanol–water partition coefficient (Wildman–Crippen LogP) is 1.71. The Hall–Kier alpha value is -0.780. The van der Waals surface area contributed by atoms with Crippen LogP contribution in [-0.4, -0.2) is 31.1 Å². The van der Waals surface area contributed by atoms with E-state index in [1.807, 2.05) is 0 Å². The van der Waals surface area contributed by atoms with Gasteiger partial charge in [0.1, 0.15) is 5.75 Å². The van der Waals surface area contributed by atoms with Crippen molar-refractivity contribution in [3.8, 4) is 5.75 Å². The number of nitrogens with one attached hydrogen (secondary N) is 1. The Morgan fingerprint density at radius 2 is 2.22 bits per heavy atom. The number of benzene rings is 1. The first kappa shape index (κ1) is 13.6. The van der Waals surface area contributed by atoms with Crippen molar-refractivity contribution in [2.45, 2.75) is 24.6 Å². The van der Waals surface area contributed by atoms with Gasteiger partial charge in [-0.15, -0.1) is 0 Å².